The number of rotatable bonds is 3. The summed E-state index contributed by atoms with van der Waals surface area (Å²) in [6.07, 6.45) is 3.47. The van der Waals surface area contributed by atoms with Gasteiger partial charge in [-0.1, -0.05) is 0 Å². The monoisotopic (exact) mass is 286 g/mol. The zero-order valence-corrected chi connectivity index (χ0v) is 12.0. The van der Waals surface area contributed by atoms with Crippen LogP contribution in [0.25, 0.3) is 11.4 Å². The van der Waals surface area contributed by atoms with Crippen LogP contribution in [0.15, 0.2) is 41.1 Å². The second-order valence-corrected chi connectivity index (χ2v) is 4.97. The number of aryl methyl sites for hydroxylation is 1. The standard InChI is InChI=1S/C14H14N4OS/c1-9-3-4-12(19-9)10(2)18-13(16-17-14(18)20)11-5-7-15-8-6-11/h3-8,10H,1-2H3,(H,17,20). The Kier molecular flexibility index (Phi) is 3.23. The summed E-state index contributed by atoms with van der Waals surface area (Å²) in [5.74, 6) is 2.52. The van der Waals surface area contributed by atoms with Gasteiger partial charge in [0.2, 0.25) is 0 Å². The maximum atomic E-state index is 5.69. The molecular formula is C14H14N4OS. The minimum absolute atomic E-state index is 0.0295. The van der Waals surface area contributed by atoms with Crippen LogP contribution >= 0.6 is 12.2 Å². The van der Waals surface area contributed by atoms with Crippen molar-refractivity contribution in [3.8, 4) is 11.4 Å². The molecule has 0 bridgehead atoms. The van der Waals surface area contributed by atoms with E-state index >= 15 is 0 Å². The van der Waals surface area contributed by atoms with E-state index in [0.717, 1.165) is 22.9 Å². The molecule has 6 heteroatoms. The van der Waals surface area contributed by atoms with Crippen LogP contribution < -0.4 is 0 Å². The molecule has 3 rings (SSSR count). The van der Waals surface area contributed by atoms with E-state index in [2.05, 4.69) is 15.2 Å². The van der Waals surface area contributed by atoms with E-state index < -0.39 is 0 Å². The van der Waals surface area contributed by atoms with Gasteiger partial charge in [0.05, 0.1) is 6.04 Å². The molecule has 0 saturated heterocycles. The third-order valence-corrected chi connectivity index (χ3v) is 3.49. The lowest BCUT2D eigenvalue weighted by Gasteiger charge is -2.13. The van der Waals surface area contributed by atoms with Crippen LogP contribution in [-0.4, -0.2) is 19.7 Å². The first-order valence-electron chi connectivity index (χ1n) is 6.30. The molecule has 20 heavy (non-hydrogen) atoms. The molecule has 0 spiro atoms. The maximum Gasteiger partial charge on any atom is 0.196 e. The van der Waals surface area contributed by atoms with Crippen LogP contribution in [0.5, 0.6) is 0 Å². The number of nitrogens with one attached hydrogen (secondary N) is 1. The van der Waals surface area contributed by atoms with Crippen molar-refractivity contribution < 1.29 is 4.42 Å². The van der Waals surface area contributed by atoms with E-state index in [4.69, 9.17) is 16.6 Å². The molecule has 0 radical (unpaired) electrons. The first-order valence-corrected chi connectivity index (χ1v) is 6.71. The Morgan fingerprint density at radius 2 is 2.00 bits per heavy atom. The van der Waals surface area contributed by atoms with Crippen LogP contribution in [0.4, 0.5) is 0 Å². The van der Waals surface area contributed by atoms with Gasteiger partial charge in [-0.15, -0.1) is 0 Å². The molecule has 0 fully saturated rings. The van der Waals surface area contributed by atoms with Gasteiger partial charge in [0.25, 0.3) is 0 Å². The Labute approximate surface area is 121 Å². The lowest BCUT2D eigenvalue weighted by molar-refractivity contribution is 0.428. The van der Waals surface area contributed by atoms with Gasteiger partial charge in [-0.05, 0) is 50.3 Å². The normalized spacial score (nSPS) is 12.5. The van der Waals surface area contributed by atoms with Gasteiger partial charge in [0, 0.05) is 18.0 Å². The molecule has 1 atom stereocenters. The topological polar surface area (TPSA) is 59.6 Å². The third kappa shape index (κ3) is 2.18. The number of pyridine rings is 1. The lowest BCUT2D eigenvalue weighted by atomic mass is 10.2. The highest BCUT2D eigenvalue weighted by molar-refractivity contribution is 7.71. The van der Waals surface area contributed by atoms with Gasteiger partial charge in [-0.3, -0.25) is 14.6 Å². The SMILES string of the molecule is Cc1ccc(C(C)n2c(-c3ccncc3)n[nH]c2=S)o1. The highest BCUT2D eigenvalue weighted by atomic mass is 32.1. The molecule has 3 aromatic rings. The van der Waals surface area contributed by atoms with Crippen molar-refractivity contribution in [1.29, 1.82) is 0 Å². The number of aromatic amines is 1. The highest BCUT2D eigenvalue weighted by Crippen LogP contribution is 2.26. The summed E-state index contributed by atoms with van der Waals surface area (Å²) in [5, 5.41) is 7.16. The zero-order chi connectivity index (χ0) is 14.1. The van der Waals surface area contributed by atoms with Crippen LogP contribution in [-0.2, 0) is 0 Å². The number of hydrogen-bond acceptors (Lipinski definition) is 4. The van der Waals surface area contributed by atoms with Crippen molar-refractivity contribution in [3.05, 3.63) is 53.0 Å². The Balaban J connectivity index is 2.10. The lowest BCUT2D eigenvalue weighted by Crippen LogP contribution is -2.08. The molecule has 0 aliphatic rings. The summed E-state index contributed by atoms with van der Waals surface area (Å²) in [7, 11) is 0. The van der Waals surface area contributed by atoms with Crippen LogP contribution in [0.3, 0.4) is 0 Å². The Bertz CT molecular complexity index is 772. The van der Waals surface area contributed by atoms with Gasteiger partial charge in [-0.2, -0.15) is 5.10 Å². The predicted molar refractivity (Wildman–Crippen MR) is 77.9 cm³/mol. The highest BCUT2D eigenvalue weighted by Gasteiger charge is 2.18. The van der Waals surface area contributed by atoms with Gasteiger partial charge in [-0.25, -0.2) is 0 Å². The van der Waals surface area contributed by atoms with Crippen LogP contribution in [0.1, 0.15) is 24.5 Å². The molecule has 102 valence electrons. The summed E-state index contributed by atoms with van der Waals surface area (Å²) < 4.78 is 8.21. The molecule has 0 aliphatic carbocycles. The second kappa shape index (κ2) is 5.05. The molecular weight excluding hydrogens is 272 g/mol. The van der Waals surface area contributed by atoms with Crippen LogP contribution in [0.2, 0.25) is 0 Å². The number of nitrogens with zero attached hydrogens (tertiary/aromatic N) is 3. The van der Waals surface area contributed by atoms with Crippen molar-refractivity contribution in [2.75, 3.05) is 0 Å². The second-order valence-electron chi connectivity index (χ2n) is 4.58. The third-order valence-electron chi connectivity index (χ3n) is 3.20. The minimum atomic E-state index is -0.0295. The first-order chi connectivity index (χ1) is 9.66. The van der Waals surface area contributed by atoms with Crippen molar-refractivity contribution >= 4 is 12.2 Å². The summed E-state index contributed by atoms with van der Waals surface area (Å²) in [5.41, 5.74) is 0.961. The van der Waals surface area contributed by atoms with E-state index in [-0.39, 0.29) is 6.04 Å². The van der Waals surface area contributed by atoms with E-state index in [1.165, 1.54) is 0 Å². The molecule has 3 aromatic heterocycles. The van der Waals surface area contributed by atoms with Crippen molar-refractivity contribution in [3.63, 3.8) is 0 Å². The fourth-order valence-corrected chi connectivity index (χ4v) is 2.46. The molecule has 1 unspecified atom stereocenters. The largest absolute Gasteiger partial charge is 0.464 e. The van der Waals surface area contributed by atoms with Crippen molar-refractivity contribution in [2.45, 2.75) is 19.9 Å². The summed E-state index contributed by atoms with van der Waals surface area (Å²) in [4.78, 5) is 4.02. The average Bonchev–Trinajstić information content (AvgIpc) is 3.05. The van der Waals surface area contributed by atoms with E-state index in [9.17, 15) is 0 Å². The number of hydrogen-bond donors (Lipinski definition) is 1. The van der Waals surface area contributed by atoms with Gasteiger partial charge in [0.1, 0.15) is 11.5 Å². The molecule has 0 amide bonds. The van der Waals surface area contributed by atoms with Gasteiger partial charge < -0.3 is 4.42 Å². The zero-order valence-electron chi connectivity index (χ0n) is 11.2. The Morgan fingerprint density at radius 3 is 2.65 bits per heavy atom. The average molecular weight is 286 g/mol. The Morgan fingerprint density at radius 1 is 1.25 bits per heavy atom. The molecule has 5 nitrogen and oxygen atoms in total. The molecule has 0 aliphatic heterocycles. The molecule has 0 aromatic carbocycles. The summed E-state index contributed by atoms with van der Waals surface area (Å²) in [6.45, 7) is 3.96. The maximum absolute atomic E-state index is 5.69. The minimum Gasteiger partial charge on any atom is -0.464 e. The van der Waals surface area contributed by atoms with E-state index in [0.29, 0.717) is 4.77 Å². The number of furan rings is 1. The molecule has 1 N–H and O–H groups in total. The fourth-order valence-electron chi connectivity index (χ4n) is 2.17. The van der Waals surface area contributed by atoms with Gasteiger partial charge >= 0.3 is 0 Å². The summed E-state index contributed by atoms with van der Waals surface area (Å²) in [6, 6.07) is 7.69. The van der Waals surface area contributed by atoms with E-state index in [1.807, 2.05) is 42.7 Å². The molecule has 0 saturated carbocycles. The number of H-pyrrole nitrogens is 1. The fraction of sp³-hybridized carbons (Fsp3) is 0.214. The predicted octanol–water partition coefficient (Wildman–Crippen LogP) is 3.51. The first kappa shape index (κ1) is 12.8. The van der Waals surface area contributed by atoms with Crippen molar-refractivity contribution in [1.82, 2.24) is 19.7 Å². The Hall–Kier alpha value is -2.21. The summed E-state index contributed by atoms with van der Waals surface area (Å²) >= 11 is 5.34. The van der Waals surface area contributed by atoms with Crippen molar-refractivity contribution in [2.24, 2.45) is 0 Å². The smallest absolute Gasteiger partial charge is 0.196 e. The number of aromatic nitrogens is 4. The quantitative estimate of drug-likeness (QED) is 0.748. The molecule has 3 heterocycles. The van der Waals surface area contributed by atoms with Crippen LogP contribution in [0, 0.1) is 11.7 Å². The van der Waals surface area contributed by atoms with E-state index in [1.54, 1.807) is 12.4 Å². The van der Waals surface area contributed by atoms with Gasteiger partial charge in [0.15, 0.2) is 10.6 Å².